The van der Waals surface area contributed by atoms with Gasteiger partial charge in [0.15, 0.2) is 0 Å². The van der Waals surface area contributed by atoms with Gasteiger partial charge >= 0.3 is 0 Å². The summed E-state index contributed by atoms with van der Waals surface area (Å²) in [5.74, 6) is 0.989. The Morgan fingerprint density at radius 3 is 2.19 bits per heavy atom. The fourth-order valence-electron chi connectivity index (χ4n) is 2.72. The van der Waals surface area contributed by atoms with E-state index in [4.69, 9.17) is 4.98 Å². The van der Waals surface area contributed by atoms with Crippen molar-refractivity contribution in [2.75, 3.05) is 12.3 Å². The van der Waals surface area contributed by atoms with E-state index in [1.807, 2.05) is 60.7 Å². The van der Waals surface area contributed by atoms with Gasteiger partial charge in [-0.15, -0.1) is 10.2 Å². The van der Waals surface area contributed by atoms with Gasteiger partial charge in [-0.3, -0.25) is 4.79 Å². The van der Waals surface area contributed by atoms with Crippen LogP contribution in [0, 0.1) is 5.92 Å². The van der Waals surface area contributed by atoms with Crippen LogP contribution in [0.2, 0.25) is 0 Å². The largest absolute Gasteiger partial charge is 0.355 e. The van der Waals surface area contributed by atoms with E-state index in [1.54, 1.807) is 0 Å². The molecule has 1 heterocycles. The molecule has 5 nitrogen and oxygen atoms in total. The van der Waals surface area contributed by atoms with Gasteiger partial charge in [-0.25, -0.2) is 4.98 Å². The Labute approximate surface area is 162 Å². The maximum absolute atomic E-state index is 12.0. The average Bonchev–Trinajstić information content (AvgIpc) is 3.56. The van der Waals surface area contributed by atoms with Crippen molar-refractivity contribution in [2.45, 2.75) is 18.0 Å². The summed E-state index contributed by atoms with van der Waals surface area (Å²) in [6.07, 6.45) is 2.45. The smallest absolute Gasteiger partial charge is 0.230 e. The van der Waals surface area contributed by atoms with E-state index < -0.39 is 0 Å². The summed E-state index contributed by atoms with van der Waals surface area (Å²) in [5.41, 5.74) is 3.46. The lowest BCUT2D eigenvalue weighted by Crippen LogP contribution is -2.27. The highest BCUT2D eigenvalue weighted by Crippen LogP contribution is 2.30. The number of carbonyl (C=O) groups excluding carboxylic acids is 1. The third-order valence-electron chi connectivity index (χ3n) is 4.38. The van der Waals surface area contributed by atoms with Gasteiger partial charge in [0, 0.05) is 17.7 Å². The Balaban J connectivity index is 1.56. The lowest BCUT2D eigenvalue weighted by atomic mass is 10.0. The molecule has 136 valence electrons. The van der Waals surface area contributed by atoms with Crippen LogP contribution in [-0.4, -0.2) is 33.4 Å². The summed E-state index contributed by atoms with van der Waals surface area (Å²) >= 11 is 1.32. The van der Waals surface area contributed by atoms with E-state index in [1.165, 1.54) is 24.6 Å². The molecule has 1 aliphatic carbocycles. The molecule has 0 bridgehead atoms. The minimum Gasteiger partial charge on any atom is -0.355 e. The molecule has 6 heteroatoms. The Morgan fingerprint density at radius 2 is 1.56 bits per heavy atom. The topological polar surface area (TPSA) is 67.8 Å². The molecule has 0 saturated heterocycles. The van der Waals surface area contributed by atoms with Gasteiger partial charge in [-0.2, -0.15) is 0 Å². The molecule has 4 rings (SSSR count). The number of nitrogens with one attached hydrogen (secondary N) is 1. The molecule has 1 aromatic heterocycles. The van der Waals surface area contributed by atoms with Crippen molar-refractivity contribution >= 4 is 17.7 Å². The molecule has 1 fully saturated rings. The van der Waals surface area contributed by atoms with Crippen LogP contribution in [0.15, 0.2) is 65.8 Å². The van der Waals surface area contributed by atoms with E-state index in [0.717, 1.165) is 29.1 Å². The van der Waals surface area contributed by atoms with Gasteiger partial charge in [0.05, 0.1) is 5.75 Å². The number of benzene rings is 2. The van der Waals surface area contributed by atoms with Crippen molar-refractivity contribution in [3.05, 3.63) is 60.7 Å². The zero-order chi connectivity index (χ0) is 18.5. The molecule has 2 aromatic carbocycles. The second-order valence-electron chi connectivity index (χ2n) is 6.56. The fraction of sp³-hybridized carbons (Fsp3) is 0.238. The number of amides is 1. The summed E-state index contributed by atoms with van der Waals surface area (Å²) in [6, 6.07) is 19.8. The molecule has 1 amide bonds. The zero-order valence-corrected chi connectivity index (χ0v) is 15.7. The molecule has 0 radical (unpaired) electrons. The van der Waals surface area contributed by atoms with E-state index in [0.29, 0.717) is 16.8 Å². The van der Waals surface area contributed by atoms with E-state index >= 15 is 0 Å². The van der Waals surface area contributed by atoms with Crippen molar-refractivity contribution in [3.63, 3.8) is 0 Å². The van der Waals surface area contributed by atoms with Crippen molar-refractivity contribution in [2.24, 2.45) is 5.92 Å². The molecule has 1 N–H and O–H groups in total. The maximum atomic E-state index is 12.0. The van der Waals surface area contributed by atoms with Gasteiger partial charge in [-0.1, -0.05) is 72.4 Å². The molecule has 3 aromatic rings. The number of nitrogens with zero attached hydrogens (tertiary/aromatic N) is 3. The van der Waals surface area contributed by atoms with Crippen LogP contribution in [0.3, 0.4) is 0 Å². The van der Waals surface area contributed by atoms with Crippen LogP contribution in [-0.2, 0) is 4.79 Å². The van der Waals surface area contributed by atoms with Crippen molar-refractivity contribution in [1.29, 1.82) is 0 Å². The first-order chi connectivity index (χ1) is 13.3. The molecular weight excluding hydrogens is 356 g/mol. The maximum Gasteiger partial charge on any atom is 0.230 e. The minimum atomic E-state index is 0.0175. The third-order valence-corrected chi connectivity index (χ3v) is 5.22. The minimum absolute atomic E-state index is 0.0175. The van der Waals surface area contributed by atoms with E-state index in [-0.39, 0.29) is 5.91 Å². The molecule has 1 aliphatic rings. The van der Waals surface area contributed by atoms with Gasteiger partial charge < -0.3 is 5.32 Å². The predicted octanol–water partition coefficient (Wildman–Crippen LogP) is 3.82. The molecule has 0 spiro atoms. The van der Waals surface area contributed by atoms with Crippen LogP contribution in [0.25, 0.3) is 22.5 Å². The Morgan fingerprint density at radius 1 is 0.926 bits per heavy atom. The quantitative estimate of drug-likeness (QED) is 0.635. The lowest BCUT2D eigenvalue weighted by molar-refractivity contribution is -0.118. The van der Waals surface area contributed by atoms with Crippen LogP contribution in [0.5, 0.6) is 0 Å². The fourth-order valence-corrected chi connectivity index (χ4v) is 3.34. The van der Waals surface area contributed by atoms with E-state index in [9.17, 15) is 4.79 Å². The highest BCUT2D eigenvalue weighted by molar-refractivity contribution is 7.99. The lowest BCUT2D eigenvalue weighted by Gasteiger charge is -2.09. The summed E-state index contributed by atoms with van der Waals surface area (Å²) in [5, 5.41) is 12.1. The summed E-state index contributed by atoms with van der Waals surface area (Å²) in [6.45, 7) is 0.778. The summed E-state index contributed by atoms with van der Waals surface area (Å²) in [4.78, 5) is 16.7. The molecule has 0 aliphatic heterocycles. The van der Waals surface area contributed by atoms with Crippen molar-refractivity contribution in [1.82, 2.24) is 20.5 Å². The van der Waals surface area contributed by atoms with Crippen LogP contribution >= 0.6 is 11.8 Å². The third kappa shape index (κ3) is 4.71. The SMILES string of the molecule is O=C(CSc1nnc(-c2ccccc2)c(-c2ccccc2)n1)NCC1CC1. The van der Waals surface area contributed by atoms with Crippen molar-refractivity contribution < 1.29 is 4.79 Å². The standard InChI is InChI=1S/C21H20N4OS/c26-18(22-13-15-11-12-15)14-27-21-23-19(16-7-3-1-4-8-16)20(24-25-21)17-9-5-2-6-10-17/h1-10,15H,11-14H2,(H,22,26). The first-order valence-corrected chi connectivity index (χ1v) is 10.0. The molecular formula is C21H20N4OS. The first-order valence-electron chi connectivity index (χ1n) is 9.04. The van der Waals surface area contributed by atoms with Gasteiger partial charge in [-0.05, 0) is 18.8 Å². The zero-order valence-electron chi connectivity index (χ0n) is 14.8. The second-order valence-corrected chi connectivity index (χ2v) is 7.50. The highest BCUT2D eigenvalue weighted by atomic mass is 32.2. The van der Waals surface area contributed by atoms with Gasteiger partial charge in [0.1, 0.15) is 11.4 Å². The monoisotopic (exact) mass is 376 g/mol. The summed E-state index contributed by atoms with van der Waals surface area (Å²) in [7, 11) is 0. The number of thioether (sulfide) groups is 1. The normalized spacial score (nSPS) is 13.3. The number of hydrogen-bond acceptors (Lipinski definition) is 5. The average molecular weight is 376 g/mol. The summed E-state index contributed by atoms with van der Waals surface area (Å²) < 4.78 is 0. The van der Waals surface area contributed by atoms with Crippen molar-refractivity contribution in [3.8, 4) is 22.5 Å². The van der Waals surface area contributed by atoms with Crippen LogP contribution in [0.4, 0.5) is 0 Å². The Kier molecular flexibility index (Phi) is 5.44. The van der Waals surface area contributed by atoms with Gasteiger partial charge in [0.25, 0.3) is 0 Å². The Hall–Kier alpha value is -2.73. The molecule has 27 heavy (non-hydrogen) atoms. The molecule has 0 atom stereocenters. The number of aromatic nitrogens is 3. The molecule has 0 unspecified atom stereocenters. The predicted molar refractivity (Wildman–Crippen MR) is 107 cm³/mol. The number of hydrogen-bond donors (Lipinski definition) is 1. The Bertz CT molecular complexity index is 914. The molecule has 1 saturated carbocycles. The second kappa shape index (κ2) is 8.31. The van der Waals surface area contributed by atoms with Gasteiger partial charge in [0.2, 0.25) is 11.1 Å². The number of rotatable bonds is 7. The number of carbonyl (C=O) groups is 1. The van der Waals surface area contributed by atoms with Crippen LogP contribution in [0.1, 0.15) is 12.8 Å². The first kappa shape index (κ1) is 17.7. The van der Waals surface area contributed by atoms with E-state index in [2.05, 4.69) is 15.5 Å². The highest BCUT2D eigenvalue weighted by Gasteiger charge is 2.21. The van der Waals surface area contributed by atoms with Crippen LogP contribution < -0.4 is 5.32 Å².